The van der Waals surface area contributed by atoms with Gasteiger partial charge in [0.15, 0.2) is 0 Å². The highest BCUT2D eigenvalue weighted by Gasteiger charge is 2.34. The molecule has 0 amide bonds. The molecule has 56 valence electrons. The molecule has 0 aliphatic carbocycles. The van der Waals surface area contributed by atoms with Gasteiger partial charge in [-0.3, -0.25) is 0 Å². The maximum atomic E-state index is 3.65. The lowest BCUT2D eigenvalue weighted by Gasteiger charge is -2.33. The summed E-state index contributed by atoms with van der Waals surface area (Å²) in [6.07, 6.45) is 1.13. The van der Waals surface area contributed by atoms with Crippen LogP contribution in [0.15, 0.2) is 0 Å². The minimum Gasteiger partial charge on any atom is -0.0844 e. The van der Waals surface area contributed by atoms with Crippen molar-refractivity contribution in [3.05, 3.63) is 0 Å². The minimum atomic E-state index is 0.175. The van der Waals surface area contributed by atoms with Crippen LogP contribution in [-0.2, 0) is 0 Å². The second-order valence-corrected chi connectivity index (χ2v) is 6.76. The summed E-state index contributed by atoms with van der Waals surface area (Å²) in [7, 11) is 0. The highest BCUT2D eigenvalue weighted by Crippen LogP contribution is 2.39. The first-order chi connectivity index (χ1) is 3.81. The van der Waals surface area contributed by atoms with Crippen LogP contribution in [0.1, 0.15) is 34.1 Å². The van der Waals surface area contributed by atoms with E-state index in [2.05, 4.69) is 59.6 Å². The number of rotatable bonds is 2. The topological polar surface area (TPSA) is 0 Å². The summed E-state index contributed by atoms with van der Waals surface area (Å²) in [5.74, 6) is 0. The molecule has 0 N–H and O–H groups in total. The Morgan fingerprint density at radius 1 is 1.11 bits per heavy atom. The molecule has 0 aromatic carbocycles. The van der Waals surface area contributed by atoms with Gasteiger partial charge >= 0.3 is 0 Å². The summed E-state index contributed by atoms with van der Waals surface area (Å²) in [6.45, 7) is 8.72. The lowest BCUT2D eigenvalue weighted by Crippen LogP contribution is -2.35. The summed E-state index contributed by atoms with van der Waals surface area (Å²) in [6, 6.07) is 0. The molecule has 1 unspecified atom stereocenters. The quantitative estimate of drug-likeness (QED) is 0.662. The Hall–Kier alpha value is 0.960. The normalized spacial score (nSPS) is 19.3. The second kappa shape index (κ2) is 2.91. The van der Waals surface area contributed by atoms with E-state index in [4.69, 9.17) is 0 Å². The van der Waals surface area contributed by atoms with Crippen LogP contribution in [0, 0.1) is 0 Å². The second-order valence-electron chi connectivity index (χ2n) is 3.02. The zero-order valence-electron chi connectivity index (χ0n) is 6.46. The maximum Gasteiger partial charge on any atom is 0.0374 e. The highest BCUT2D eigenvalue weighted by molar-refractivity contribution is 9.13. The average molecular weight is 258 g/mol. The van der Waals surface area contributed by atoms with Gasteiger partial charge < -0.3 is 0 Å². The molecular weight excluding hydrogens is 244 g/mol. The van der Waals surface area contributed by atoms with Crippen LogP contribution in [0.5, 0.6) is 0 Å². The van der Waals surface area contributed by atoms with E-state index >= 15 is 0 Å². The first-order valence-corrected chi connectivity index (χ1v) is 4.77. The largest absolute Gasteiger partial charge is 0.0844 e. The molecule has 0 saturated carbocycles. The molecule has 0 fully saturated rings. The fourth-order valence-electron chi connectivity index (χ4n) is 0.420. The lowest BCUT2D eigenvalue weighted by molar-refractivity contribution is 0.518. The van der Waals surface area contributed by atoms with Crippen molar-refractivity contribution in [1.82, 2.24) is 0 Å². The third kappa shape index (κ3) is 2.58. The monoisotopic (exact) mass is 256 g/mol. The van der Waals surface area contributed by atoms with E-state index in [1.807, 2.05) is 0 Å². The molecule has 0 rings (SSSR count). The van der Waals surface area contributed by atoms with Crippen LogP contribution in [0.3, 0.4) is 0 Å². The first kappa shape index (κ1) is 9.96. The predicted octanol–water partition coefficient (Wildman–Crippen LogP) is 3.72. The summed E-state index contributed by atoms with van der Waals surface area (Å²) < 4.78 is 0.384. The van der Waals surface area contributed by atoms with E-state index in [-0.39, 0.29) is 8.65 Å². The van der Waals surface area contributed by atoms with Gasteiger partial charge in [-0.25, -0.2) is 0 Å². The van der Waals surface area contributed by atoms with Crippen molar-refractivity contribution in [3.8, 4) is 0 Å². The molecule has 0 aliphatic heterocycles. The lowest BCUT2D eigenvalue weighted by atomic mass is 9.95. The van der Waals surface area contributed by atoms with E-state index < -0.39 is 0 Å². The zero-order valence-corrected chi connectivity index (χ0v) is 9.64. The molecule has 2 heteroatoms. The van der Waals surface area contributed by atoms with Crippen molar-refractivity contribution < 1.29 is 0 Å². The molecule has 9 heavy (non-hydrogen) atoms. The van der Waals surface area contributed by atoms with Crippen molar-refractivity contribution in [2.75, 3.05) is 0 Å². The van der Waals surface area contributed by atoms with Crippen molar-refractivity contribution in [2.24, 2.45) is 0 Å². The molecule has 0 aromatic rings. The molecular formula is C7H14Br2. The minimum absolute atomic E-state index is 0.175. The number of hydrogen-bond donors (Lipinski definition) is 0. The smallest absolute Gasteiger partial charge is 0.0374 e. The zero-order chi connectivity index (χ0) is 7.71. The summed E-state index contributed by atoms with van der Waals surface area (Å²) >= 11 is 7.27. The fraction of sp³-hybridized carbons (Fsp3) is 1.00. The van der Waals surface area contributed by atoms with Crippen molar-refractivity contribution >= 4 is 31.9 Å². The van der Waals surface area contributed by atoms with E-state index in [1.54, 1.807) is 0 Å². The van der Waals surface area contributed by atoms with Crippen LogP contribution >= 0.6 is 31.9 Å². The highest BCUT2D eigenvalue weighted by atomic mass is 79.9. The van der Waals surface area contributed by atoms with Gasteiger partial charge in [-0.2, -0.15) is 0 Å². The van der Waals surface area contributed by atoms with Gasteiger partial charge in [0.05, 0.1) is 0 Å². The Morgan fingerprint density at radius 3 is 1.44 bits per heavy atom. The van der Waals surface area contributed by atoms with Crippen molar-refractivity contribution in [3.63, 3.8) is 0 Å². The van der Waals surface area contributed by atoms with Gasteiger partial charge in [0.25, 0.3) is 0 Å². The predicted molar refractivity (Wildman–Crippen MR) is 50.6 cm³/mol. The van der Waals surface area contributed by atoms with Crippen LogP contribution in [-0.4, -0.2) is 8.65 Å². The Bertz CT molecular complexity index is 89.6. The molecule has 0 aliphatic rings. The van der Waals surface area contributed by atoms with E-state index in [1.165, 1.54) is 0 Å². The van der Waals surface area contributed by atoms with Gasteiger partial charge in [-0.05, 0) is 27.2 Å². The van der Waals surface area contributed by atoms with Crippen molar-refractivity contribution in [1.29, 1.82) is 0 Å². The van der Waals surface area contributed by atoms with Gasteiger partial charge in [-0.15, -0.1) is 0 Å². The van der Waals surface area contributed by atoms with Crippen LogP contribution in [0.4, 0.5) is 0 Å². The third-order valence-electron chi connectivity index (χ3n) is 1.90. The van der Waals surface area contributed by atoms with E-state index in [9.17, 15) is 0 Å². The molecule has 0 radical (unpaired) electrons. The summed E-state index contributed by atoms with van der Waals surface area (Å²) in [4.78, 5) is 0. The Kier molecular flexibility index (Phi) is 3.22. The van der Waals surface area contributed by atoms with Crippen LogP contribution in [0.25, 0.3) is 0 Å². The number of halogens is 2. The SMILES string of the molecule is CCC(C)(Br)C(C)(C)Br. The van der Waals surface area contributed by atoms with E-state index in [0.29, 0.717) is 0 Å². The maximum absolute atomic E-state index is 3.65. The Labute approximate surface area is 74.7 Å². The number of hydrogen-bond acceptors (Lipinski definition) is 0. The molecule has 0 spiro atoms. The van der Waals surface area contributed by atoms with Crippen LogP contribution in [0.2, 0.25) is 0 Å². The van der Waals surface area contributed by atoms with Crippen molar-refractivity contribution in [2.45, 2.75) is 42.8 Å². The standard InChI is InChI=1S/C7H14Br2/c1-5-7(4,9)6(2,3)8/h5H2,1-4H3. The van der Waals surface area contributed by atoms with Crippen LogP contribution < -0.4 is 0 Å². The van der Waals surface area contributed by atoms with Gasteiger partial charge in [-0.1, -0.05) is 38.8 Å². The third-order valence-corrected chi connectivity index (χ3v) is 4.86. The Morgan fingerprint density at radius 2 is 1.44 bits per heavy atom. The molecule has 0 heterocycles. The molecule has 0 bridgehead atoms. The van der Waals surface area contributed by atoms with Gasteiger partial charge in [0, 0.05) is 8.65 Å². The fourth-order valence-corrected chi connectivity index (χ4v) is 0.701. The summed E-state index contributed by atoms with van der Waals surface area (Å²) in [5, 5.41) is 0. The number of alkyl halides is 2. The van der Waals surface area contributed by atoms with Gasteiger partial charge in [0.2, 0.25) is 0 Å². The molecule has 0 saturated heterocycles. The Balaban J connectivity index is 4.14. The molecule has 0 nitrogen and oxygen atoms in total. The molecule has 0 aromatic heterocycles. The van der Waals surface area contributed by atoms with Gasteiger partial charge in [0.1, 0.15) is 0 Å². The summed E-state index contributed by atoms with van der Waals surface area (Å²) in [5.41, 5.74) is 0. The average Bonchev–Trinajstić information content (AvgIpc) is 1.64. The first-order valence-electron chi connectivity index (χ1n) is 3.19. The van der Waals surface area contributed by atoms with E-state index in [0.717, 1.165) is 6.42 Å². The molecule has 1 atom stereocenters.